The summed E-state index contributed by atoms with van der Waals surface area (Å²) in [7, 11) is 3.95. The van der Waals surface area contributed by atoms with Crippen LogP contribution in [0, 0.1) is 0 Å². The van der Waals surface area contributed by atoms with Crippen molar-refractivity contribution < 1.29 is 0 Å². The Hall–Kier alpha value is -2.57. The molecule has 1 atom stereocenters. The minimum absolute atomic E-state index is 0.211. The molecule has 1 unspecified atom stereocenters. The third-order valence-electron chi connectivity index (χ3n) is 4.01. The highest BCUT2D eigenvalue weighted by molar-refractivity contribution is 5.57. The van der Waals surface area contributed by atoms with E-state index in [2.05, 4.69) is 27.5 Å². The number of imidazole rings is 1. The monoisotopic (exact) mass is 283 g/mol. The Kier molecular flexibility index (Phi) is 2.60. The lowest BCUT2D eigenvalue weighted by atomic mass is 10.1. The van der Waals surface area contributed by atoms with E-state index in [1.165, 1.54) is 5.69 Å². The number of hydrogen-bond donors (Lipinski definition) is 1. The van der Waals surface area contributed by atoms with E-state index in [4.69, 9.17) is 5.10 Å². The first-order chi connectivity index (χ1) is 10.2. The van der Waals surface area contributed by atoms with Gasteiger partial charge >= 0.3 is 0 Å². The first-order valence-corrected chi connectivity index (χ1v) is 7.03. The molecule has 0 bridgehead atoms. The van der Waals surface area contributed by atoms with Crippen molar-refractivity contribution in [1.82, 2.24) is 29.1 Å². The maximum absolute atomic E-state index is 4.76. The van der Waals surface area contributed by atoms with Crippen LogP contribution in [0.3, 0.4) is 0 Å². The zero-order valence-corrected chi connectivity index (χ0v) is 12.1. The topological polar surface area (TPSA) is 65.5 Å². The third-order valence-corrected chi connectivity index (χ3v) is 4.01. The van der Waals surface area contributed by atoms with Gasteiger partial charge < -0.3 is 9.88 Å². The van der Waals surface area contributed by atoms with Gasteiger partial charge in [-0.3, -0.25) is 4.68 Å². The van der Waals surface area contributed by atoms with E-state index in [1.54, 1.807) is 6.20 Å². The molecule has 4 rings (SSSR count). The molecule has 7 nitrogen and oxygen atoms in total. The summed E-state index contributed by atoms with van der Waals surface area (Å²) in [6.45, 7) is 0.932. The number of anilines is 1. The Morgan fingerprint density at radius 1 is 1.29 bits per heavy atom. The van der Waals surface area contributed by atoms with Gasteiger partial charge in [0, 0.05) is 45.3 Å². The van der Waals surface area contributed by atoms with E-state index in [9.17, 15) is 0 Å². The number of nitrogens with zero attached hydrogens (tertiary/aromatic N) is 6. The molecule has 3 aromatic rings. The molecule has 0 aromatic carbocycles. The van der Waals surface area contributed by atoms with Gasteiger partial charge in [-0.05, 0) is 12.5 Å². The van der Waals surface area contributed by atoms with Gasteiger partial charge in [-0.1, -0.05) is 0 Å². The maximum Gasteiger partial charge on any atom is 0.160 e. The Morgan fingerprint density at radius 3 is 2.90 bits per heavy atom. The second kappa shape index (κ2) is 4.47. The molecule has 0 fully saturated rings. The standard InChI is InChI=1S/C14H17N7/c1-19-8-7-16-14(19)10-9-13-15-5-3-12(21(13)18-10)11-4-6-17-20(11)2/h4,6-9,12,15H,3,5H2,1-2H3. The van der Waals surface area contributed by atoms with E-state index < -0.39 is 0 Å². The van der Waals surface area contributed by atoms with E-state index in [1.807, 2.05) is 40.4 Å². The fourth-order valence-electron chi connectivity index (χ4n) is 2.93. The van der Waals surface area contributed by atoms with Gasteiger partial charge in [0.25, 0.3) is 0 Å². The van der Waals surface area contributed by atoms with Gasteiger partial charge in [-0.25, -0.2) is 9.67 Å². The van der Waals surface area contributed by atoms with Crippen molar-refractivity contribution in [2.45, 2.75) is 12.5 Å². The van der Waals surface area contributed by atoms with Gasteiger partial charge in [0.05, 0.1) is 11.7 Å². The van der Waals surface area contributed by atoms with Crippen LogP contribution in [0.2, 0.25) is 0 Å². The molecule has 0 spiro atoms. The minimum Gasteiger partial charge on any atom is -0.370 e. The summed E-state index contributed by atoms with van der Waals surface area (Å²) >= 11 is 0. The Morgan fingerprint density at radius 2 is 2.19 bits per heavy atom. The van der Waals surface area contributed by atoms with Crippen LogP contribution in [0.15, 0.2) is 30.7 Å². The highest BCUT2D eigenvalue weighted by Gasteiger charge is 2.26. The van der Waals surface area contributed by atoms with Crippen molar-refractivity contribution in [3.8, 4) is 11.5 Å². The number of rotatable bonds is 2. The average molecular weight is 283 g/mol. The van der Waals surface area contributed by atoms with Gasteiger partial charge in [0.1, 0.15) is 11.5 Å². The molecular weight excluding hydrogens is 266 g/mol. The van der Waals surface area contributed by atoms with E-state index in [0.717, 1.165) is 30.3 Å². The van der Waals surface area contributed by atoms with Crippen LogP contribution in [-0.2, 0) is 14.1 Å². The second-order valence-corrected chi connectivity index (χ2v) is 5.33. The molecule has 4 heterocycles. The fraction of sp³-hybridized carbons (Fsp3) is 0.357. The average Bonchev–Trinajstić information content (AvgIpc) is 3.16. The van der Waals surface area contributed by atoms with Crippen molar-refractivity contribution in [2.24, 2.45) is 14.1 Å². The van der Waals surface area contributed by atoms with Crippen LogP contribution in [0.25, 0.3) is 11.5 Å². The summed E-state index contributed by atoms with van der Waals surface area (Å²) < 4.78 is 5.94. The molecule has 0 saturated carbocycles. The fourth-order valence-corrected chi connectivity index (χ4v) is 2.93. The van der Waals surface area contributed by atoms with Crippen LogP contribution in [0.1, 0.15) is 18.2 Å². The molecule has 7 heteroatoms. The van der Waals surface area contributed by atoms with Gasteiger partial charge in [-0.2, -0.15) is 10.2 Å². The van der Waals surface area contributed by atoms with E-state index in [-0.39, 0.29) is 6.04 Å². The quantitative estimate of drug-likeness (QED) is 0.772. The van der Waals surface area contributed by atoms with E-state index >= 15 is 0 Å². The summed E-state index contributed by atoms with van der Waals surface area (Å²) in [6, 6.07) is 4.33. The number of hydrogen-bond acceptors (Lipinski definition) is 4. The molecule has 0 radical (unpaired) electrons. The summed E-state index contributed by atoms with van der Waals surface area (Å²) in [5.74, 6) is 1.91. The molecular formula is C14H17N7. The molecule has 1 aliphatic heterocycles. The number of aromatic nitrogens is 6. The van der Waals surface area contributed by atoms with Crippen molar-refractivity contribution in [3.05, 3.63) is 36.4 Å². The van der Waals surface area contributed by atoms with Crippen LogP contribution < -0.4 is 5.32 Å². The lowest BCUT2D eigenvalue weighted by Gasteiger charge is -2.25. The Bertz CT molecular complexity index is 779. The normalized spacial score (nSPS) is 17.5. The largest absolute Gasteiger partial charge is 0.370 e. The highest BCUT2D eigenvalue weighted by Crippen LogP contribution is 2.31. The van der Waals surface area contributed by atoms with Gasteiger partial charge in [-0.15, -0.1) is 0 Å². The summed E-state index contributed by atoms with van der Waals surface area (Å²) in [5, 5.41) is 12.4. The number of aryl methyl sites for hydroxylation is 2. The zero-order chi connectivity index (χ0) is 14.4. The van der Waals surface area contributed by atoms with Gasteiger partial charge in [0.2, 0.25) is 0 Å². The number of fused-ring (bicyclic) bond motifs is 1. The molecule has 3 aromatic heterocycles. The lowest BCUT2D eigenvalue weighted by Crippen LogP contribution is -2.25. The molecule has 1 aliphatic rings. The van der Waals surface area contributed by atoms with E-state index in [0.29, 0.717) is 0 Å². The maximum atomic E-state index is 4.76. The molecule has 0 amide bonds. The molecule has 21 heavy (non-hydrogen) atoms. The second-order valence-electron chi connectivity index (χ2n) is 5.33. The first kappa shape index (κ1) is 12.2. The predicted octanol–water partition coefficient (Wildman–Crippen LogP) is 1.42. The smallest absolute Gasteiger partial charge is 0.160 e. The third kappa shape index (κ3) is 1.84. The first-order valence-electron chi connectivity index (χ1n) is 7.03. The van der Waals surface area contributed by atoms with Crippen LogP contribution in [0.5, 0.6) is 0 Å². The Balaban J connectivity index is 1.80. The van der Waals surface area contributed by atoms with Crippen LogP contribution in [-0.4, -0.2) is 35.7 Å². The van der Waals surface area contributed by atoms with Crippen molar-refractivity contribution >= 4 is 5.82 Å². The molecule has 1 N–H and O–H groups in total. The molecule has 108 valence electrons. The highest BCUT2D eigenvalue weighted by atomic mass is 15.4. The predicted molar refractivity (Wildman–Crippen MR) is 78.9 cm³/mol. The number of nitrogens with one attached hydrogen (secondary N) is 1. The SMILES string of the molecule is Cn1ccnc1-c1cc2n(n1)C(c1ccnn1C)CCN2. The summed E-state index contributed by atoms with van der Waals surface area (Å²) in [4.78, 5) is 4.38. The zero-order valence-electron chi connectivity index (χ0n) is 12.1. The minimum atomic E-state index is 0.211. The molecule has 0 aliphatic carbocycles. The summed E-state index contributed by atoms with van der Waals surface area (Å²) in [6.07, 6.45) is 6.55. The lowest BCUT2D eigenvalue weighted by molar-refractivity contribution is 0.453. The summed E-state index contributed by atoms with van der Waals surface area (Å²) in [5.41, 5.74) is 2.06. The van der Waals surface area contributed by atoms with Crippen molar-refractivity contribution in [1.29, 1.82) is 0 Å². The molecule has 0 saturated heterocycles. The Labute approximate surface area is 122 Å². The van der Waals surface area contributed by atoms with Crippen LogP contribution >= 0.6 is 0 Å². The van der Waals surface area contributed by atoms with Crippen molar-refractivity contribution in [2.75, 3.05) is 11.9 Å². The van der Waals surface area contributed by atoms with Gasteiger partial charge in [0.15, 0.2) is 5.82 Å². The van der Waals surface area contributed by atoms with Crippen LogP contribution in [0.4, 0.5) is 5.82 Å². The van der Waals surface area contributed by atoms with Crippen molar-refractivity contribution in [3.63, 3.8) is 0 Å².